The number of hydrogen-bond donors (Lipinski definition) is 0. The largest absolute Gasteiger partial charge is 0.469 e. The highest BCUT2D eigenvalue weighted by Gasteiger charge is 2.50. The third-order valence-corrected chi connectivity index (χ3v) is 5.22. The summed E-state index contributed by atoms with van der Waals surface area (Å²) in [6, 6.07) is 0. The third-order valence-electron chi connectivity index (χ3n) is 5.22. The maximum Gasteiger partial charge on any atom is 0.305 e. The van der Waals surface area contributed by atoms with Gasteiger partial charge in [-0.2, -0.15) is 0 Å². The molecule has 0 spiro atoms. The van der Waals surface area contributed by atoms with Crippen molar-refractivity contribution >= 4 is 41.8 Å². The van der Waals surface area contributed by atoms with E-state index in [1.807, 2.05) is 0 Å². The molecule has 0 unspecified atom stereocenters. The number of rotatable bonds is 17. The Labute approximate surface area is 233 Å². The van der Waals surface area contributed by atoms with Crippen LogP contribution in [-0.4, -0.2) is 85.5 Å². The van der Waals surface area contributed by atoms with Crippen molar-refractivity contribution in [2.45, 2.75) is 117 Å². The summed E-state index contributed by atoms with van der Waals surface area (Å²) in [4.78, 5) is 84.4. The molecule has 14 heteroatoms. The Morgan fingerprint density at radius 2 is 0.825 bits per heavy atom. The van der Waals surface area contributed by atoms with Crippen molar-refractivity contribution in [2.24, 2.45) is 0 Å². The Kier molecular flexibility index (Phi) is 16.8. The van der Waals surface area contributed by atoms with Crippen LogP contribution >= 0.6 is 0 Å². The summed E-state index contributed by atoms with van der Waals surface area (Å²) in [7, 11) is 1.19. The molecular formula is C26H40O14. The second-order valence-electron chi connectivity index (χ2n) is 8.85. The van der Waals surface area contributed by atoms with E-state index >= 15 is 0 Å². The van der Waals surface area contributed by atoms with Gasteiger partial charge in [-0.1, -0.05) is 13.3 Å². The molecule has 0 fully saturated rings. The van der Waals surface area contributed by atoms with Crippen LogP contribution in [0.15, 0.2) is 0 Å². The lowest BCUT2D eigenvalue weighted by atomic mass is 9.91. The summed E-state index contributed by atoms with van der Waals surface area (Å²) in [5.74, 6) is -5.66. The highest BCUT2D eigenvalue weighted by Crippen LogP contribution is 2.28. The molecule has 0 amide bonds. The van der Waals surface area contributed by atoms with Crippen LogP contribution in [0.4, 0.5) is 0 Å². The summed E-state index contributed by atoms with van der Waals surface area (Å²) in [6.45, 7) is 8.13. The smallest absolute Gasteiger partial charge is 0.305 e. The molecule has 6 atom stereocenters. The van der Waals surface area contributed by atoms with Gasteiger partial charge in [0.2, 0.25) is 0 Å². The van der Waals surface area contributed by atoms with Gasteiger partial charge in [0.1, 0.15) is 12.2 Å². The predicted octanol–water partition coefficient (Wildman–Crippen LogP) is 1.72. The summed E-state index contributed by atoms with van der Waals surface area (Å²) < 4.78 is 37.2. The first-order valence-electron chi connectivity index (χ1n) is 12.7. The molecule has 0 aliphatic carbocycles. The third kappa shape index (κ3) is 14.4. The van der Waals surface area contributed by atoms with E-state index in [4.69, 9.17) is 28.4 Å². The molecule has 0 saturated heterocycles. The Balaban J connectivity index is 7.07. The van der Waals surface area contributed by atoms with Crippen LogP contribution in [0.3, 0.4) is 0 Å². The van der Waals surface area contributed by atoms with Gasteiger partial charge in [0.05, 0.1) is 7.11 Å². The SMILES string of the molecule is CCC[C@@H](OC(C)=O)[C@H](OC(C)=O)[C@H](OC(C)=O)[C@H](OC(C)=O)[C@@H](OC(C)=O)[C@H](CCCC(=O)OC)OC(C)=O. The van der Waals surface area contributed by atoms with Gasteiger partial charge in [0.25, 0.3) is 0 Å². The molecule has 0 rings (SSSR count). The van der Waals surface area contributed by atoms with Crippen LogP contribution in [0.1, 0.15) is 80.6 Å². The minimum absolute atomic E-state index is 0.0856. The lowest BCUT2D eigenvalue weighted by Crippen LogP contribution is -2.58. The minimum atomic E-state index is -1.73. The number of carbonyl (C=O) groups excluding carboxylic acids is 7. The topological polar surface area (TPSA) is 184 Å². The molecule has 0 aliphatic heterocycles. The monoisotopic (exact) mass is 576 g/mol. The Hall–Kier alpha value is -3.71. The molecule has 0 aromatic carbocycles. The normalized spacial score (nSPS) is 15.1. The van der Waals surface area contributed by atoms with E-state index in [1.165, 1.54) is 7.11 Å². The first kappa shape index (κ1) is 36.3. The Morgan fingerprint density at radius 3 is 1.12 bits per heavy atom. The molecule has 0 aromatic rings. The Morgan fingerprint density at radius 1 is 0.500 bits per heavy atom. The molecule has 0 radical (unpaired) electrons. The Bertz CT molecular complexity index is 898. The quantitative estimate of drug-likeness (QED) is 0.180. The van der Waals surface area contributed by atoms with Crippen molar-refractivity contribution in [3.8, 4) is 0 Å². The molecule has 14 nitrogen and oxygen atoms in total. The van der Waals surface area contributed by atoms with Gasteiger partial charge in [-0.05, 0) is 19.3 Å². The average Bonchev–Trinajstić information content (AvgIpc) is 2.81. The van der Waals surface area contributed by atoms with Gasteiger partial charge in [0.15, 0.2) is 24.4 Å². The van der Waals surface area contributed by atoms with Gasteiger partial charge in [-0.25, -0.2) is 0 Å². The van der Waals surface area contributed by atoms with E-state index in [0.29, 0.717) is 6.42 Å². The van der Waals surface area contributed by atoms with Crippen molar-refractivity contribution in [3.05, 3.63) is 0 Å². The number of hydrogen-bond acceptors (Lipinski definition) is 14. The average molecular weight is 577 g/mol. The lowest BCUT2D eigenvalue weighted by molar-refractivity contribution is -0.219. The molecule has 0 aromatic heterocycles. The van der Waals surface area contributed by atoms with Crippen LogP contribution < -0.4 is 0 Å². The predicted molar refractivity (Wildman–Crippen MR) is 134 cm³/mol. The number of esters is 7. The van der Waals surface area contributed by atoms with Crippen molar-refractivity contribution in [3.63, 3.8) is 0 Å². The number of methoxy groups -OCH3 is 1. The van der Waals surface area contributed by atoms with E-state index in [1.54, 1.807) is 6.92 Å². The van der Waals surface area contributed by atoms with E-state index in [-0.39, 0.29) is 25.7 Å². The summed E-state index contributed by atoms with van der Waals surface area (Å²) in [5, 5.41) is 0. The van der Waals surface area contributed by atoms with Crippen LogP contribution in [0.25, 0.3) is 0 Å². The van der Waals surface area contributed by atoms with Crippen molar-refractivity contribution in [2.75, 3.05) is 7.11 Å². The summed E-state index contributed by atoms with van der Waals surface area (Å²) in [6.07, 6.45) is -8.63. The number of carbonyl (C=O) groups is 7. The molecule has 0 bridgehead atoms. The summed E-state index contributed by atoms with van der Waals surface area (Å²) >= 11 is 0. The van der Waals surface area contributed by atoms with Crippen LogP contribution in [0.5, 0.6) is 0 Å². The van der Waals surface area contributed by atoms with Crippen LogP contribution in [0.2, 0.25) is 0 Å². The zero-order valence-corrected chi connectivity index (χ0v) is 24.2. The first-order chi connectivity index (χ1) is 18.6. The highest BCUT2D eigenvalue weighted by molar-refractivity contribution is 5.70. The molecular weight excluding hydrogens is 536 g/mol. The number of ether oxygens (including phenoxy) is 7. The van der Waals surface area contributed by atoms with Gasteiger partial charge in [0, 0.05) is 48.0 Å². The van der Waals surface area contributed by atoms with Gasteiger partial charge in [-0.3, -0.25) is 33.6 Å². The molecule has 0 heterocycles. The van der Waals surface area contributed by atoms with E-state index in [2.05, 4.69) is 4.74 Å². The highest BCUT2D eigenvalue weighted by atomic mass is 16.6. The zero-order chi connectivity index (χ0) is 31.0. The molecule has 0 saturated carbocycles. The molecule has 0 N–H and O–H groups in total. The summed E-state index contributed by atoms with van der Waals surface area (Å²) in [5.41, 5.74) is 0. The van der Waals surface area contributed by atoms with Crippen molar-refractivity contribution < 1.29 is 66.7 Å². The minimum Gasteiger partial charge on any atom is -0.469 e. The second kappa shape index (κ2) is 18.6. The fourth-order valence-corrected chi connectivity index (χ4v) is 3.96. The fraction of sp³-hybridized carbons (Fsp3) is 0.731. The van der Waals surface area contributed by atoms with E-state index < -0.39 is 78.4 Å². The van der Waals surface area contributed by atoms with Gasteiger partial charge in [-0.15, -0.1) is 0 Å². The van der Waals surface area contributed by atoms with Crippen molar-refractivity contribution in [1.82, 2.24) is 0 Å². The van der Waals surface area contributed by atoms with Gasteiger partial charge >= 0.3 is 41.8 Å². The maximum atomic E-state index is 12.3. The maximum absolute atomic E-state index is 12.3. The van der Waals surface area contributed by atoms with Crippen LogP contribution in [0, 0.1) is 0 Å². The molecule has 40 heavy (non-hydrogen) atoms. The van der Waals surface area contributed by atoms with E-state index in [9.17, 15) is 33.6 Å². The second-order valence-corrected chi connectivity index (χ2v) is 8.85. The lowest BCUT2D eigenvalue weighted by Gasteiger charge is -2.39. The molecule has 0 aliphatic rings. The standard InChI is InChI=1S/C26H40O14/c1-9-11-20(35-14(2)27)23(37-16(4)29)25(39-18(6)31)26(40-19(7)32)24(38-17(5)30)21(36-15(3)28)12-10-13-22(33)34-8/h20-21,23-26H,9-13H2,1-8H3/t20-,21+,23+,24+,25+,26-/m1/s1. The zero-order valence-electron chi connectivity index (χ0n) is 24.2. The first-order valence-corrected chi connectivity index (χ1v) is 12.7. The van der Waals surface area contributed by atoms with Crippen LogP contribution in [-0.2, 0) is 66.7 Å². The fourth-order valence-electron chi connectivity index (χ4n) is 3.96. The van der Waals surface area contributed by atoms with Crippen molar-refractivity contribution in [1.29, 1.82) is 0 Å². The van der Waals surface area contributed by atoms with Gasteiger partial charge < -0.3 is 33.2 Å². The van der Waals surface area contributed by atoms with E-state index in [0.717, 1.165) is 41.5 Å². The molecule has 228 valence electrons.